The van der Waals surface area contributed by atoms with E-state index in [0.29, 0.717) is 0 Å². The van der Waals surface area contributed by atoms with Gasteiger partial charge in [0.05, 0.1) is 5.69 Å². The van der Waals surface area contributed by atoms with Gasteiger partial charge in [0, 0.05) is 24.4 Å². The Bertz CT molecular complexity index is 604. The molecule has 0 saturated heterocycles. The van der Waals surface area contributed by atoms with Crippen molar-refractivity contribution in [1.29, 1.82) is 0 Å². The first-order valence-corrected chi connectivity index (χ1v) is 6.48. The molecule has 0 heterocycles. The molecule has 0 aliphatic rings. The largest absolute Gasteiger partial charge is 0.376 e. The maximum atomic E-state index is 11.5. The molecule has 0 atom stereocenters. The number of nitrogens with zero attached hydrogens (tertiary/aromatic N) is 1. The van der Waals surface area contributed by atoms with Gasteiger partial charge in [-0.3, -0.25) is 4.79 Å². The zero-order valence-corrected chi connectivity index (χ0v) is 11.3. The predicted octanol–water partition coefficient (Wildman–Crippen LogP) is 3.71. The van der Waals surface area contributed by atoms with Crippen LogP contribution in [0.4, 0.5) is 5.69 Å². The monoisotopic (exact) mass is 257 g/mol. The smallest absolute Gasteiger partial charge is 0.216 e. The average Bonchev–Trinajstić information content (AvgIpc) is 2.37. The van der Waals surface area contributed by atoms with E-state index in [4.69, 9.17) is 0 Å². The van der Waals surface area contributed by atoms with Crippen LogP contribution >= 0.6 is 11.8 Å². The molecule has 0 aliphatic heterocycles. The summed E-state index contributed by atoms with van der Waals surface area (Å²) < 4.78 is 0. The van der Waals surface area contributed by atoms with Crippen LogP contribution in [0.15, 0.2) is 53.9 Å². The Labute approximate surface area is 111 Å². The highest BCUT2D eigenvalue weighted by atomic mass is 32.2. The normalized spacial score (nSPS) is 10.3. The highest BCUT2D eigenvalue weighted by molar-refractivity contribution is 8.14. The molecule has 0 amide bonds. The van der Waals surface area contributed by atoms with Gasteiger partial charge in [-0.05, 0) is 29.3 Å². The van der Waals surface area contributed by atoms with Crippen LogP contribution < -0.4 is 4.90 Å². The van der Waals surface area contributed by atoms with Crippen LogP contribution in [0.2, 0.25) is 0 Å². The Hall–Kier alpha value is -1.74. The van der Waals surface area contributed by atoms with Crippen molar-refractivity contribution in [3.05, 3.63) is 49.1 Å². The predicted molar refractivity (Wildman–Crippen MR) is 79.3 cm³/mol. The molecule has 0 saturated carbocycles. The van der Waals surface area contributed by atoms with E-state index in [-0.39, 0.29) is 5.12 Å². The van der Waals surface area contributed by atoms with E-state index in [1.54, 1.807) is 0 Å². The van der Waals surface area contributed by atoms with Crippen LogP contribution in [-0.2, 0) is 4.79 Å². The number of hydrogen-bond acceptors (Lipinski definition) is 3. The van der Waals surface area contributed by atoms with Gasteiger partial charge in [-0.2, -0.15) is 0 Å². The SMILES string of the molecule is C=CC(=O)Sc1ccc2ccccc2c1N(C)C. The van der Waals surface area contributed by atoms with Crippen LogP contribution in [0, 0.1) is 0 Å². The van der Waals surface area contributed by atoms with E-state index >= 15 is 0 Å². The summed E-state index contributed by atoms with van der Waals surface area (Å²) in [7, 11) is 3.98. The second-order valence-corrected chi connectivity index (χ2v) is 5.20. The minimum Gasteiger partial charge on any atom is -0.376 e. The fourth-order valence-corrected chi connectivity index (χ4v) is 2.75. The molecule has 3 heteroatoms. The fraction of sp³-hybridized carbons (Fsp3) is 0.133. The number of carbonyl (C=O) groups is 1. The third-order valence-corrected chi connectivity index (χ3v) is 3.61. The van der Waals surface area contributed by atoms with E-state index in [1.807, 2.05) is 43.3 Å². The Kier molecular flexibility index (Phi) is 3.72. The Balaban J connectivity index is 2.62. The van der Waals surface area contributed by atoms with Crippen molar-refractivity contribution >= 4 is 33.3 Å². The highest BCUT2D eigenvalue weighted by Crippen LogP contribution is 2.36. The number of carbonyl (C=O) groups excluding carboxylic acids is 1. The van der Waals surface area contributed by atoms with Crippen molar-refractivity contribution in [3.63, 3.8) is 0 Å². The quantitative estimate of drug-likeness (QED) is 0.617. The summed E-state index contributed by atoms with van der Waals surface area (Å²) in [6.07, 6.45) is 1.35. The standard InChI is InChI=1S/C15H15NOS/c1-4-14(17)18-13-10-9-11-7-5-6-8-12(11)15(13)16(2)3/h4-10H,1H2,2-3H3. The van der Waals surface area contributed by atoms with Crippen LogP contribution in [0.25, 0.3) is 10.8 Å². The lowest BCUT2D eigenvalue weighted by Gasteiger charge is -2.19. The lowest BCUT2D eigenvalue weighted by Crippen LogP contribution is -2.10. The molecule has 2 aromatic rings. The van der Waals surface area contributed by atoms with Crippen molar-refractivity contribution in [2.75, 3.05) is 19.0 Å². The molecule has 0 aliphatic carbocycles. The lowest BCUT2D eigenvalue weighted by atomic mass is 10.1. The molecule has 2 nitrogen and oxygen atoms in total. The maximum Gasteiger partial charge on any atom is 0.216 e. The Morgan fingerprint density at radius 2 is 1.94 bits per heavy atom. The molecule has 2 rings (SSSR count). The summed E-state index contributed by atoms with van der Waals surface area (Å²) >= 11 is 1.21. The topological polar surface area (TPSA) is 20.3 Å². The van der Waals surface area contributed by atoms with E-state index in [9.17, 15) is 4.79 Å². The van der Waals surface area contributed by atoms with Crippen molar-refractivity contribution in [2.45, 2.75) is 4.90 Å². The third kappa shape index (κ3) is 2.41. The number of anilines is 1. The molecule has 18 heavy (non-hydrogen) atoms. The van der Waals surface area contributed by atoms with Crippen LogP contribution in [0.3, 0.4) is 0 Å². The van der Waals surface area contributed by atoms with E-state index < -0.39 is 0 Å². The van der Waals surface area contributed by atoms with Gasteiger partial charge in [0.25, 0.3) is 0 Å². The molecular weight excluding hydrogens is 242 g/mol. The summed E-state index contributed by atoms with van der Waals surface area (Å²) in [4.78, 5) is 14.5. The summed E-state index contributed by atoms with van der Waals surface area (Å²) in [6, 6.07) is 12.2. The van der Waals surface area contributed by atoms with Crippen molar-refractivity contribution in [3.8, 4) is 0 Å². The molecule has 0 unspecified atom stereocenters. The van der Waals surface area contributed by atoms with E-state index in [2.05, 4.69) is 18.7 Å². The third-order valence-electron chi connectivity index (χ3n) is 2.69. The van der Waals surface area contributed by atoms with Crippen molar-refractivity contribution in [2.24, 2.45) is 0 Å². The zero-order valence-electron chi connectivity index (χ0n) is 10.5. The number of fused-ring (bicyclic) bond motifs is 1. The second-order valence-electron chi connectivity index (χ2n) is 4.15. The minimum absolute atomic E-state index is 0.0339. The first-order valence-electron chi connectivity index (χ1n) is 5.67. The minimum atomic E-state index is -0.0339. The van der Waals surface area contributed by atoms with Gasteiger partial charge in [0.2, 0.25) is 5.12 Å². The Morgan fingerprint density at radius 3 is 2.61 bits per heavy atom. The van der Waals surface area contributed by atoms with Gasteiger partial charge in [-0.15, -0.1) is 0 Å². The molecule has 92 valence electrons. The van der Waals surface area contributed by atoms with E-state index in [0.717, 1.165) is 16.0 Å². The fourth-order valence-electron chi connectivity index (χ4n) is 1.93. The van der Waals surface area contributed by atoms with Gasteiger partial charge in [-0.25, -0.2) is 0 Å². The van der Waals surface area contributed by atoms with Gasteiger partial charge in [0.1, 0.15) is 0 Å². The zero-order chi connectivity index (χ0) is 13.1. The van der Waals surface area contributed by atoms with Gasteiger partial charge >= 0.3 is 0 Å². The summed E-state index contributed by atoms with van der Waals surface area (Å²) in [5, 5.41) is 2.30. The lowest BCUT2D eigenvalue weighted by molar-refractivity contribution is -0.107. The first-order chi connectivity index (χ1) is 8.63. The molecule has 0 aromatic heterocycles. The highest BCUT2D eigenvalue weighted by Gasteiger charge is 2.12. The van der Waals surface area contributed by atoms with E-state index in [1.165, 1.54) is 23.2 Å². The molecule has 0 N–H and O–H groups in total. The second kappa shape index (κ2) is 5.27. The molecule has 0 bridgehead atoms. The van der Waals surface area contributed by atoms with Crippen molar-refractivity contribution < 1.29 is 4.79 Å². The van der Waals surface area contributed by atoms with Crippen LogP contribution in [-0.4, -0.2) is 19.2 Å². The summed E-state index contributed by atoms with van der Waals surface area (Å²) in [5.41, 5.74) is 1.08. The van der Waals surface area contributed by atoms with Crippen LogP contribution in [0.1, 0.15) is 0 Å². The molecule has 2 aromatic carbocycles. The number of hydrogen-bond donors (Lipinski definition) is 0. The molecule has 0 spiro atoms. The molecule has 0 fully saturated rings. The average molecular weight is 257 g/mol. The molecular formula is C15H15NOS. The van der Waals surface area contributed by atoms with Crippen LogP contribution in [0.5, 0.6) is 0 Å². The summed E-state index contributed by atoms with van der Waals surface area (Å²) in [5.74, 6) is 0. The Morgan fingerprint density at radius 1 is 1.22 bits per heavy atom. The first kappa shape index (κ1) is 12.7. The van der Waals surface area contributed by atoms with Crippen molar-refractivity contribution in [1.82, 2.24) is 0 Å². The van der Waals surface area contributed by atoms with Gasteiger partial charge < -0.3 is 4.90 Å². The number of rotatable bonds is 3. The maximum absolute atomic E-state index is 11.5. The number of thioether (sulfide) groups is 1. The van der Waals surface area contributed by atoms with Gasteiger partial charge in [0.15, 0.2) is 0 Å². The van der Waals surface area contributed by atoms with Gasteiger partial charge in [-0.1, -0.05) is 36.9 Å². The number of benzene rings is 2. The summed E-state index contributed by atoms with van der Waals surface area (Å²) in [6.45, 7) is 3.51. The molecule has 0 radical (unpaired) electrons.